The van der Waals surface area contributed by atoms with Crippen LogP contribution in [0, 0.1) is 5.92 Å². The topological polar surface area (TPSA) is 63.9 Å². The van der Waals surface area contributed by atoms with Crippen molar-refractivity contribution in [2.45, 2.75) is 44.6 Å². The van der Waals surface area contributed by atoms with Crippen molar-refractivity contribution >= 4 is 16.9 Å². The lowest BCUT2D eigenvalue weighted by Crippen LogP contribution is -2.40. The summed E-state index contributed by atoms with van der Waals surface area (Å²) in [6.07, 6.45) is 13.5. The van der Waals surface area contributed by atoms with E-state index in [-0.39, 0.29) is 5.91 Å². The first-order valence-electron chi connectivity index (χ1n) is 10.3. The van der Waals surface area contributed by atoms with E-state index in [0.29, 0.717) is 11.5 Å². The summed E-state index contributed by atoms with van der Waals surface area (Å²) in [4.78, 5) is 28.4. The van der Waals surface area contributed by atoms with Gasteiger partial charge < -0.3 is 9.47 Å². The van der Waals surface area contributed by atoms with E-state index in [1.165, 1.54) is 19.3 Å². The fourth-order valence-corrected chi connectivity index (χ4v) is 4.44. The summed E-state index contributed by atoms with van der Waals surface area (Å²) in [5, 5.41) is 0. The second kappa shape index (κ2) is 7.34. The Hall–Kier alpha value is -2.76. The number of fused-ring (bicyclic) bond motifs is 1. The van der Waals surface area contributed by atoms with Crippen molar-refractivity contribution in [1.82, 2.24) is 24.4 Å². The van der Waals surface area contributed by atoms with Gasteiger partial charge in [-0.25, -0.2) is 4.98 Å². The van der Waals surface area contributed by atoms with Crippen LogP contribution in [0.25, 0.3) is 11.0 Å². The van der Waals surface area contributed by atoms with Gasteiger partial charge in [0.25, 0.3) is 5.91 Å². The summed E-state index contributed by atoms with van der Waals surface area (Å²) in [6, 6.07) is 5.59. The van der Waals surface area contributed by atoms with Gasteiger partial charge in [0.1, 0.15) is 5.82 Å². The minimum Gasteiger partial charge on any atom is -0.338 e. The molecule has 1 aliphatic carbocycles. The molecule has 6 nitrogen and oxygen atoms in total. The van der Waals surface area contributed by atoms with Crippen LogP contribution in [0.5, 0.6) is 0 Å². The van der Waals surface area contributed by atoms with Crippen LogP contribution in [0.2, 0.25) is 0 Å². The molecule has 0 radical (unpaired) electrons. The molecule has 1 amide bonds. The van der Waals surface area contributed by atoms with Crippen molar-refractivity contribution in [3.8, 4) is 0 Å². The van der Waals surface area contributed by atoms with Crippen molar-refractivity contribution in [2.75, 3.05) is 13.1 Å². The average Bonchev–Trinajstić information content (AvgIpc) is 3.18. The molecule has 3 heterocycles. The van der Waals surface area contributed by atoms with Gasteiger partial charge in [-0.1, -0.05) is 6.42 Å². The predicted molar refractivity (Wildman–Crippen MR) is 107 cm³/mol. The minimum atomic E-state index is 0.0781. The van der Waals surface area contributed by atoms with E-state index in [2.05, 4.69) is 25.7 Å². The Balaban J connectivity index is 1.33. The molecule has 3 aromatic rings. The Morgan fingerprint density at radius 1 is 1.00 bits per heavy atom. The highest BCUT2D eigenvalue weighted by molar-refractivity contribution is 5.97. The van der Waals surface area contributed by atoms with Crippen LogP contribution in [-0.2, 0) is 6.54 Å². The zero-order valence-corrected chi connectivity index (χ0v) is 16.0. The molecule has 28 heavy (non-hydrogen) atoms. The van der Waals surface area contributed by atoms with Gasteiger partial charge in [0.05, 0.1) is 11.0 Å². The van der Waals surface area contributed by atoms with Crippen molar-refractivity contribution in [1.29, 1.82) is 0 Å². The van der Waals surface area contributed by atoms with E-state index in [9.17, 15) is 4.79 Å². The van der Waals surface area contributed by atoms with Crippen LogP contribution < -0.4 is 0 Å². The highest BCUT2D eigenvalue weighted by Gasteiger charge is 2.29. The molecule has 2 fully saturated rings. The lowest BCUT2D eigenvalue weighted by Gasteiger charge is -2.33. The number of hydrogen-bond donors (Lipinski definition) is 0. The Morgan fingerprint density at radius 2 is 1.86 bits per heavy atom. The molecule has 0 spiro atoms. The van der Waals surface area contributed by atoms with Crippen LogP contribution in [0.3, 0.4) is 0 Å². The number of carbonyl (C=O) groups excluding carboxylic acids is 1. The highest BCUT2D eigenvalue weighted by Crippen LogP contribution is 2.31. The first-order valence-corrected chi connectivity index (χ1v) is 10.3. The molecule has 2 aliphatic rings. The summed E-state index contributed by atoms with van der Waals surface area (Å²) in [5.41, 5.74) is 2.26. The number of likely N-dealkylation sites (tertiary alicyclic amines) is 1. The van der Waals surface area contributed by atoms with Gasteiger partial charge in [-0.05, 0) is 49.8 Å². The molecule has 5 rings (SSSR count). The zero-order valence-electron chi connectivity index (χ0n) is 16.0. The van der Waals surface area contributed by atoms with Gasteiger partial charge in [-0.3, -0.25) is 14.8 Å². The first kappa shape index (κ1) is 17.3. The second-order valence-corrected chi connectivity index (χ2v) is 8.08. The molecule has 2 aromatic heterocycles. The fraction of sp³-hybridized carbons (Fsp3) is 0.455. The number of hydrogen-bond acceptors (Lipinski definition) is 4. The quantitative estimate of drug-likeness (QED) is 0.698. The van der Waals surface area contributed by atoms with E-state index in [1.807, 2.05) is 29.3 Å². The zero-order chi connectivity index (χ0) is 18.9. The van der Waals surface area contributed by atoms with E-state index >= 15 is 0 Å². The fourth-order valence-electron chi connectivity index (χ4n) is 4.44. The maximum absolute atomic E-state index is 13.1. The first-order chi connectivity index (χ1) is 13.8. The van der Waals surface area contributed by atoms with Gasteiger partial charge in [0.2, 0.25) is 0 Å². The molecule has 6 heteroatoms. The molecule has 1 atom stereocenters. The molecule has 0 N–H and O–H groups in total. The third kappa shape index (κ3) is 3.28. The lowest BCUT2D eigenvalue weighted by molar-refractivity contribution is 0.0702. The number of imidazole rings is 1. The van der Waals surface area contributed by atoms with Crippen LogP contribution in [0.15, 0.2) is 43.0 Å². The Kier molecular flexibility index (Phi) is 4.55. The SMILES string of the molecule is O=C(c1ccc2nccnc2c1)N1CCC[C@H](c2nccn2CC2CCC2)C1. The third-order valence-electron chi connectivity index (χ3n) is 6.22. The number of nitrogens with zero attached hydrogens (tertiary/aromatic N) is 5. The third-order valence-corrected chi connectivity index (χ3v) is 6.22. The molecular formula is C22H25N5O. The van der Waals surface area contributed by atoms with Crippen molar-refractivity contribution in [3.05, 3.63) is 54.4 Å². The van der Waals surface area contributed by atoms with Gasteiger partial charge >= 0.3 is 0 Å². The molecule has 0 unspecified atom stereocenters. The summed E-state index contributed by atoms with van der Waals surface area (Å²) in [7, 11) is 0. The largest absolute Gasteiger partial charge is 0.338 e. The summed E-state index contributed by atoms with van der Waals surface area (Å²) in [5.74, 6) is 2.34. The molecule has 1 saturated carbocycles. The predicted octanol–water partition coefficient (Wildman–Crippen LogP) is 3.65. The van der Waals surface area contributed by atoms with E-state index < -0.39 is 0 Å². The Bertz CT molecular complexity index is 993. The number of rotatable bonds is 4. The van der Waals surface area contributed by atoms with Gasteiger partial charge in [-0.2, -0.15) is 0 Å². The van der Waals surface area contributed by atoms with Crippen LogP contribution in [-0.4, -0.2) is 43.4 Å². The summed E-state index contributed by atoms with van der Waals surface area (Å²) >= 11 is 0. The molecule has 1 aromatic carbocycles. The molecule has 1 saturated heterocycles. The van der Waals surface area contributed by atoms with E-state index in [4.69, 9.17) is 0 Å². The standard InChI is InChI=1S/C22H25N5O/c28-22(17-6-7-19-20(13-17)24-9-8-23-19)27-11-2-5-18(15-27)21-25-10-12-26(21)14-16-3-1-4-16/h6-10,12-13,16,18H,1-5,11,14-15H2/t18-/m0/s1. The Morgan fingerprint density at radius 3 is 2.68 bits per heavy atom. The number of benzene rings is 1. The summed E-state index contributed by atoms with van der Waals surface area (Å²) in [6.45, 7) is 2.61. The number of aromatic nitrogens is 4. The molecular weight excluding hydrogens is 350 g/mol. The van der Waals surface area contributed by atoms with Crippen LogP contribution >= 0.6 is 0 Å². The van der Waals surface area contributed by atoms with Crippen molar-refractivity contribution in [3.63, 3.8) is 0 Å². The van der Waals surface area contributed by atoms with Crippen LogP contribution in [0.1, 0.15) is 54.2 Å². The summed E-state index contributed by atoms with van der Waals surface area (Å²) < 4.78 is 2.33. The molecule has 144 valence electrons. The minimum absolute atomic E-state index is 0.0781. The molecule has 0 bridgehead atoms. The normalized spacial score (nSPS) is 20.3. The number of amides is 1. The maximum Gasteiger partial charge on any atom is 0.253 e. The second-order valence-electron chi connectivity index (χ2n) is 8.08. The number of piperidine rings is 1. The smallest absolute Gasteiger partial charge is 0.253 e. The van der Waals surface area contributed by atoms with E-state index in [1.54, 1.807) is 12.4 Å². The van der Waals surface area contributed by atoms with Gasteiger partial charge in [-0.15, -0.1) is 0 Å². The van der Waals surface area contributed by atoms with E-state index in [0.717, 1.165) is 55.3 Å². The maximum atomic E-state index is 13.1. The highest BCUT2D eigenvalue weighted by atomic mass is 16.2. The van der Waals surface area contributed by atoms with Gasteiger partial charge in [0.15, 0.2) is 0 Å². The van der Waals surface area contributed by atoms with Crippen molar-refractivity contribution in [2.24, 2.45) is 5.92 Å². The van der Waals surface area contributed by atoms with Gasteiger partial charge in [0, 0.05) is 55.9 Å². The molecule has 1 aliphatic heterocycles. The monoisotopic (exact) mass is 375 g/mol. The lowest BCUT2D eigenvalue weighted by atomic mass is 9.85. The number of carbonyl (C=O) groups is 1. The Labute approximate surface area is 164 Å². The van der Waals surface area contributed by atoms with Crippen molar-refractivity contribution < 1.29 is 4.79 Å². The van der Waals surface area contributed by atoms with Crippen LogP contribution in [0.4, 0.5) is 0 Å². The average molecular weight is 375 g/mol.